The van der Waals surface area contributed by atoms with Crippen LogP contribution in [-0.2, 0) is 30.0 Å². The number of hydrogen-bond donors (Lipinski definition) is 0. The lowest BCUT2D eigenvalue weighted by atomic mass is 10.3. The van der Waals surface area contributed by atoms with Crippen molar-refractivity contribution >= 4 is 21.4 Å². The van der Waals surface area contributed by atoms with E-state index in [9.17, 15) is 8.42 Å². The normalized spacial score (nSPS) is 12.2. The Morgan fingerprint density at radius 1 is 1.32 bits per heavy atom. The molecule has 8 heteroatoms. The molecule has 0 radical (unpaired) electrons. The van der Waals surface area contributed by atoms with Gasteiger partial charge in [0.25, 0.3) is 0 Å². The second kappa shape index (κ2) is 7.15. The third kappa shape index (κ3) is 3.70. The minimum atomic E-state index is -3.66. The van der Waals surface area contributed by atoms with Crippen LogP contribution in [0.5, 0.6) is 0 Å². The van der Waals surface area contributed by atoms with E-state index in [2.05, 4.69) is 5.10 Å². The Bertz CT molecular complexity index is 926. The molecule has 0 amide bonds. The molecule has 3 heterocycles. The number of aromatic nitrogens is 2. The van der Waals surface area contributed by atoms with Gasteiger partial charge in [0, 0.05) is 30.6 Å². The van der Waals surface area contributed by atoms with Gasteiger partial charge in [-0.2, -0.15) is 9.40 Å². The molecule has 3 aromatic heterocycles. The Morgan fingerprint density at radius 2 is 2.12 bits per heavy atom. The largest absolute Gasteiger partial charge is 0.472 e. The molecule has 0 aromatic carbocycles. The summed E-state index contributed by atoms with van der Waals surface area (Å²) in [7, 11) is -1.90. The fourth-order valence-electron chi connectivity index (χ4n) is 2.82. The molecule has 0 aliphatic rings. The summed E-state index contributed by atoms with van der Waals surface area (Å²) < 4.78 is 34.9. The van der Waals surface area contributed by atoms with E-state index in [0.717, 1.165) is 10.4 Å². The van der Waals surface area contributed by atoms with Gasteiger partial charge in [-0.05, 0) is 37.8 Å². The topological polar surface area (TPSA) is 68.3 Å². The lowest BCUT2D eigenvalue weighted by molar-refractivity contribution is 0.407. The number of rotatable bonds is 7. The maximum atomic E-state index is 13.3. The zero-order valence-corrected chi connectivity index (χ0v) is 16.1. The molecule has 0 atom stereocenters. The van der Waals surface area contributed by atoms with E-state index in [4.69, 9.17) is 4.42 Å². The first-order chi connectivity index (χ1) is 11.9. The van der Waals surface area contributed by atoms with Gasteiger partial charge < -0.3 is 4.42 Å². The summed E-state index contributed by atoms with van der Waals surface area (Å²) in [6.07, 6.45) is 3.81. The van der Waals surface area contributed by atoms with Crippen LogP contribution in [0.4, 0.5) is 0 Å². The molecule has 0 N–H and O–H groups in total. The molecule has 0 unspecified atom stereocenters. The minimum absolute atomic E-state index is 0.276. The van der Waals surface area contributed by atoms with Gasteiger partial charge in [-0.3, -0.25) is 4.68 Å². The Kier molecular flexibility index (Phi) is 5.12. The molecule has 134 valence electrons. The molecule has 0 saturated carbocycles. The number of nitrogens with zero attached hydrogens (tertiary/aromatic N) is 3. The van der Waals surface area contributed by atoms with E-state index in [-0.39, 0.29) is 6.54 Å². The van der Waals surface area contributed by atoms with Gasteiger partial charge in [0.05, 0.1) is 23.9 Å². The summed E-state index contributed by atoms with van der Waals surface area (Å²) in [6, 6.07) is 5.79. The highest BCUT2D eigenvalue weighted by Gasteiger charge is 2.30. The highest BCUT2D eigenvalue weighted by molar-refractivity contribution is 7.89. The maximum Gasteiger partial charge on any atom is 0.247 e. The smallest absolute Gasteiger partial charge is 0.247 e. The molecular weight excluding hydrogens is 358 g/mol. The van der Waals surface area contributed by atoms with Gasteiger partial charge in [0.15, 0.2) is 0 Å². The zero-order valence-electron chi connectivity index (χ0n) is 14.5. The van der Waals surface area contributed by atoms with Crippen LogP contribution in [0.2, 0.25) is 0 Å². The molecular formula is C17H21N3O3S2. The first-order valence-electron chi connectivity index (χ1n) is 7.93. The first kappa shape index (κ1) is 17.9. The summed E-state index contributed by atoms with van der Waals surface area (Å²) >= 11 is 1.63. The molecule has 0 spiro atoms. The van der Waals surface area contributed by atoms with Crippen molar-refractivity contribution < 1.29 is 12.8 Å². The highest BCUT2D eigenvalue weighted by atomic mass is 32.2. The van der Waals surface area contributed by atoms with Crippen molar-refractivity contribution in [1.29, 1.82) is 0 Å². The van der Waals surface area contributed by atoms with Crippen molar-refractivity contribution in [3.05, 3.63) is 57.9 Å². The van der Waals surface area contributed by atoms with Gasteiger partial charge in [0.1, 0.15) is 4.90 Å². The molecule has 0 bridgehead atoms. The lowest BCUT2D eigenvalue weighted by Crippen LogP contribution is -2.33. The average Bonchev–Trinajstić information content (AvgIpc) is 3.27. The Balaban J connectivity index is 1.93. The van der Waals surface area contributed by atoms with Crippen LogP contribution in [0, 0.1) is 13.8 Å². The van der Waals surface area contributed by atoms with Crippen molar-refractivity contribution in [3.63, 3.8) is 0 Å². The molecule has 0 saturated heterocycles. The maximum absolute atomic E-state index is 13.3. The minimum Gasteiger partial charge on any atom is -0.472 e. The lowest BCUT2D eigenvalue weighted by Gasteiger charge is -2.21. The Labute approximate surface area is 151 Å². The Hall–Kier alpha value is -1.90. The van der Waals surface area contributed by atoms with Crippen LogP contribution in [0.3, 0.4) is 0 Å². The second-order valence-electron chi connectivity index (χ2n) is 5.92. The van der Waals surface area contributed by atoms with Crippen LogP contribution in [0.25, 0.3) is 0 Å². The number of hydrogen-bond acceptors (Lipinski definition) is 5. The second-order valence-corrected chi connectivity index (χ2v) is 8.83. The van der Waals surface area contributed by atoms with E-state index >= 15 is 0 Å². The van der Waals surface area contributed by atoms with E-state index in [1.807, 2.05) is 17.5 Å². The third-order valence-electron chi connectivity index (χ3n) is 4.17. The third-order valence-corrected chi connectivity index (χ3v) is 7.20. The van der Waals surface area contributed by atoms with Crippen molar-refractivity contribution in [3.8, 4) is 0 Å². The van der Waals surface area contributed by atoms with Gasteiger partial charge in [0.2, 0.25) is 10.0 Å². The SMILES string of the molecule is Cc1nn(C)c(C)c1S(=O)(=O)N(CCc1cccs1)Cc1ccoc1. The molecule has 25 heavy (non-hydrogen) atoms. The molecule has 0 aliphatic heterocycles. The fraction of sp³-hybridized carbons (Fsp3) is 0.353. The van der Waals surface area contributed by atoms with Crippen molar-refractivity contribution in [2.24, 2.45) is 7.05 Å². The monoisotopic (exact) mass is 379 g/mol. The predicted molar refractivity (Wildman–Crippen MR) is 97.0 cm³/mol. The number of sulfonamides is 1. The van der Waals surface area contributed by atoms with E-state index in [1.54, 1.807) is 55.5 Å². The van der Waals surface area contributed by atoms with Gasteiger partial charge >= 0.3 is 0 Å². The summed E-state index contributed by atoms with van der Waals surface area (Å²) in [5.41, 5.74) is 1.99. The summed E-state index contributed by atoms with van der Waals surface area (Å²) in [5, 5.41) is 6.26. The van der Waals surface area contributed by atoms with E-state index < -0.39 is 10.0 Å². The first-order valence-corrected chi connectivity index (χ1v) is 10.3. The summed E-state index contributed by atoms with van der Waals surface area (Å²) in [5.74, 6) is 0. The molecule has 0 fully saturated rings. The summed E-state index contributed by atoms with van der Waals surface area (Å²) in [4.78, 5) is 1.46. The van der Waals surface area contributed by atoms with Gasteiger partial charge in [-0.15, -0.1) is 11.3 Å². The molecule has 3 rings (SSSR count). The van der Waals surface area contributed by atoms with E-state index in [1.165, 1.54) is 4.31 Å². The van der Waals surface area contributed by atoms with Gasteiger partial charge in [-0.25, -0.2) is 8.42 Å². The molecule has 0 aliphatic carbocycles. The van der Waals surface area contributed by atoms with Crippen LogP contribution in [0.1, 0.15) is 21.8 Å². The van der Waals surface area contributed by atoms with Crippen LogP contribution in [-0.4, -0.2) is 29.0 Å². The highest BCUT2D eigenvalue weighted by Crippen LogP contribution is 2.25. The Morgan fingerprint density at radius 3 is 2.68 bits per heavy atom. The van der Waals surface area contributed by atoms with E-state index in [0.29, 0.717) is 29.2 Å². The summed E-state index contributed by atoms with van der Waals surface area (Å²) in [6.45, 7) is 4.19. The fourth-order valence-corrected chi connectivity index (χ4v) is 5.34. The van der Waals surface area contributed by atoms with Crippen LogP contribution in [0.15, 0.2) is 45.4 Å². The van der Waals surface area contributed by atoms with Crippen molar-refractivity contribution in [2.45, 2.75) is 31.7 Å². The molecule has 3 aromatic rings. The standard InChI is InChI=1S/C17H21N3O3S2/c1-13-17(14(2)19(3)18-13)25(21,22)20(11-15-7-9-23-12-15)8-6-16-5-4-10-24-16/h4-5,7,9-10,12H,6,8,11H2,1-3H3. The van der Waals surface area contributed by atoms with Crippen LogP contribution >= 0.6 is 11.3 Å². The molecule has 6 nitrogen and oxygen atoms in total. The number of aryl methyl sites for hydroxylation is 2. The number of furan rings is 1. The van der Waals surface area contributed by atoms with Gasteiger partial charge in [-0.1, -0.05) is 6.07 Å². The van der Waals surface area contributed by atoms with Crippen molar-refractivity contribution in [2.75, 3.05) is 6.54 Å². The zero-order chi connectivity index (χ0) is 18.0. The van der Waals surface area contributed by atoms with Crippen LogP contribution < -0.4 is 0 Å². The predicted octanol–water partition coefficient (Wildman–Crippen LogP) is 3.13. The average molecular weight is 380 g/mol. The number of thiophene rings is 1. The quantitative estimate of drug-likeness (QED) is 0.632. The van der Waals surface area contributed by atoms with Crippen molar-refractivity contribution in [1.82, 2.24) is 14.1 Å².